The summed E-state index contributed by atoms with van der Waals surface area (Å²) in [4.78, 5) is 28.8. The van der Waals surface area contributed by atoms with Crippen LogP contribution in [0.25, 0.3) is 0 Å². The molecule has 0 aromatic heterocycles. The summed E-state index contributed by atoms with van der Waals surface area (Å²) in [6, 6.07) is 14.6. The highest BCUT2D eigenvalue weighted by molar-refractivity contribution is 9.10. The molecule has 1 aliphatic heterocycles. The van der Waals surface area contributed by atoms with Crippen molar-refractivity contribution in [3.05, 3.63) is 64.1 Å². The molecule has 1 saturated heterocycles. The van der Waals surface area contributed by atoms with Crippen molar-refractivity contribution in [3.63, 3.8) is 0 Å². The first-order valence-electron chi connectivity index (χ1n) is 7.92. The van der Waals surface area contributed by atoms with Crippen LogP contribution in [0.3, 0.4) is 0 Å². The summed E-state index contributed by atoms with van der Waals surface area (Å²) in [5.41, 5.74) is 2.59. The van der Waals surface area contributed by atoms with Crippen molar-refractivity contribution in [1.29, 1.82) is 0 Å². The normalized spacial score (nSPS) is 18.0. The number of hydrogen-bond donors (Lipinski definition) is 0. The Bertz CT molecular complexity index is 756. The van der Waals surface area contributed by atoms with Gasteiger partial charge in [0.2, 0.25) is 5.91 Å². The largest absolute Gasteiger partial charge is 0.325 e. The van der Waals surface area contributed by atoms with Gasteiger partial charge >= 0.3 is 0 Å². The van der Waals surface area contributed by atoms with E-state index in [1.165, 1.54) is 0 Å². The second kappa shape index (κ2) is 6.77. The lowest BCUT2D eigenvalue weighted by atomic mass is 10.1. The molecule has 24 heavy (non-hydrogen) atoms. The summed E-state index contributed by atoms with van der Waals surface area (Å²) in [5.74, 6) is -0.143. The molecule has 0 spiro atoms. The maximum Gasteiger partial charge on any atom is 0.254 e. The third-order valence-corrected chi connectivity index (χ3v) is 4.88. The maximum atomic E-state index is 12.7. The molecule has 1 atom stereocenters. The van der Waals surface area contributed by atoms with E-state index in [2.05, 4.69) is 15.9 Å². The molecule has 124 valence electrons. The Kier molecular flexibility index (Phi) is 4.71. The maximum absolute atomic E-state index is 12.7. The van der Waals surface area contributed by atoms with E-state index in [1.54, 1.807) is 16.7 Å². The number of hydrogen-bond acceptors (Lipinski definition) is 2. The van der Waals surface area contributed by atoms with Crippen LogP contribution < -0.4 is 4.90 Å². The van der Waals surface area contributed by atoms with Crippen molar-refractivity contribution in [2.75, 3.05) is 18.0 Å². The molecule has 0 aliphatic carbocycles. The second-order valence-electron chi connectivity index (χ2n) is 6.01. The average Bonchev–Trinajstić information content (AvgIpc) is 2.58. The molecular formula is C19H19BrN2O2. The van der Waals surface area contributed by atoms with Crippen molar-refractivity contribution >= 4 is 33.4 Å². The van der Waals surface area contributed by atoms with Crippen LogP contribution in [0.2, 0.25) is 0 Å². The molecule has 0 radical (unpaired) electrons. The summed E-state index contributed by atoms with van der Waals surface area (Å²) < 4.78 is 0.972. The fraction of sp³-hybridized carbons (Fsp3) is 0.263. The van der Waals surface area contributed by atoms with Crippen LogP contribution in [0, 0.1) is 6.92 Å². The summed E-state index contributed by atoms with van der Waals surface area (Å²) in [6.45, 7) is 4.80. The lowest BCUT2D eigenvalue weighted by Gasteiger charge is -2.39. The predicted octanol–water partition coefficient (Wildman–Crippen LogP) is 3.64. The summed E-state index contributed by atoms with van der Waals surface area (Å²) in [5, 5.41) is 0. The molecule has 0 saturated carbocycles. The minimum atomic E-state index is -0.476. The smallest absolute Gasteiger partial charge is 0.254 e. The van der Waals surface area contributed by atoms with Crippen LogP contribution in [-0.2, 0) is 4.79 Å². The number of nitrogens with zero attached hydrogens (tertiary/aromatic N) is 2. The van der Waals surface area contributed by atoms with Gasteiger partial charge in [0.05, 0.1) is 0 Å². The summed E-state index contributed by atoms with van der Waals surface area (Å²) >= 11 is 3.40. The van der Waals surface area contributed by atoms with Crippen molar-refractivity contribution in [1.82, 2.24) is 4.90 Å². The molecule has 0 bridgehead atoms. The molecule has 4 nitrogen and oxygen atoms in total. The number of piperazine rings is 1. The monoisotopic (exact) mass is 386 g/mol. The summed E-state index contributed by atoms with van der Waals surface area (Å²) in [7, 11) is 0. The minimum absolute atomic E-state index is 0.0518. The van der Waals surface area contributed by atoms with E-state index in [-0.39, 0.29) is 11.8 Å². The topological polar surface area (TPSA) is 40.6 Å². The van der Waals surface area contributed by atoms with E-state index in [9.17, 15) is 9.59 Å². The van der Waals surface area contributed by atoms with Gasteiger partial charge in [-0.1, -0.05) is 33.6 Å². The number of carbonyl (C=O) groups excluding carboxylic acids is 2. The Labute approximate surface area is 150 Å². The molecule has 2 aromatic rings. The van der Waals surface area contributed by atoms with E-state index < -0.39 is 6.04 Å². The zero-order chi connectivity index (χ0) is 17.3. The first-order chi connectivity index (χ1) is 11.5. The van der Waals surface area contributed by atoms with Crippen LogP contribution in [0.4, 0.5) is 5.69 Å². The number of benzene rings is 2. The fourth-order valence-electron chi connectivity index (χ4n) is 2.89. The zero-order valence-electron chi connectivity index (χ0n) is 13.7. The molecule has 1 fully saturated rings. The van der Waals surface area contributed by atoms with Crippen molar-refractivity contribution in [3.8, 4) is 0 Å². The number of rotatable bonds is 2. The van der Waals surface area contributed by atoms with Gasteiger partial charge in [0.1, 0.15) is 6.04 Å². The third-order valence-electron chi connectivity index (χ3n) is 4.35. The third kappa shape index (κ3) is 3.22. The van der Waals surface area contributed by atoms with E-state index in [0.717, 1.165) is 15.7 Å². The zero-order valence-corrected chi connectivity index (χ0v) is 15.3. The van der Waals surface area contributed by atoms with Gasteiger partial charge in [-0.25, -0.2) is 0 Å². The molecule has 2 aromatic carbocycles. The standard InChI is InChI=1S/C19H19BrN2O2/c1-13-3-5-15(6-4-13)19(24)21-11-12-22(18(23)14(21)2)17-9-7-16(20)8-10-17/h3-10,14H,11-12H2,1-2H3/t14-/m0/s1. The molecule has 3 rings (SSSR count). The highest BCUT2D eigenvalue weighted by atomic mass is 79.9. The van der Waals surface area contributed by atoms with Gasteiger partial charge in [0.25, 0.3) is 5.91 Å². The summed E-state index contributed by atoms with van der Waals surface area (Å²) in [6.07, 6.45) is 0. The lowest BCUT2D eigenvalue weighted by Crippen LogP contribution is -2.57. The number of halogens is 1. The molecule has 2 amide bonds. The van der Waals surface area contributed by atoms with Crippen LogP contribution >= 0.6 is 15.9 Å². The Balaban J connectivity index is 1.78. The average molecular weight is 387 g/mol. The first kappa shape index (κ1) is 16.7. The number of amides is 2. The Morgan fingerprint density at radius 3 is 2.29 bits per heavy atom. The Morgan fingerprint density at radius 2 is 1.67 bits per heavy atom. The molecule has 5 heteroatoms. The van der Waals surface area contributed by atoms with Gasteiger partial charge in [-0.2, -0.15) is 0 Å². The predicted molar refractivity (Wildman–Crippen MR) is 98.2 cm³/mol. The molecule has 1 heterocycles. The quantitative estimate of drug-likeness (QED) is 0.790. The minimum Gasteiger partial charge on any atom is -0.325 e. The molecule has 1 aliphatic rings. The highest BCUT2D eigenvalue weighted by Crippen LogP contribution is 2.23. The molecule has 0 N–H and O–H groups in total. The number of carbonyl (C=O) groups is 2. The van der Waals surface area contributed by atoms with Gasteiger partial charge in [-0.05, 0) is 50.2 Å². The number of aryl methyl sites for hydroxylation is 1. The van der Waals surface area contributed by atoms with E-state index in [1.807, 2.05) is 55.5 Å². The van der Waals surface area contributed by atoms with Crippen molar-refractivity contribution < 1.29 is 9.59 Å². The highest BCUT2D eigenvalue weighted by Gasteiger charge is 2.35. The van der Waals surface area contributed by atoms with Crippen LogP contribution in [0.5, 0.6) is 0 Å². The van der Waals surface area contributed by atoms with Gasteiger partial charge in [-0.3, -0.25) is 9.59 Å². The lowest BCUT2D eigenvalue weighted by molar-refractivity contribution is -0.124. The van der Waals surface area contributed by atoms with Gasteiger partial charge in [-0.15, -0.1) is 0 Å². The van der Waals surface area contributed by atoms with Gasteiger partial charge in [0, 0.05) is 28.8 Å². The fourth-order valence-corrected chi connectivity index (χ4v) is 3.15. The number of anilines is 1. The first-order valence-corrected chi connectivity index (χ1v) is 8.71. The van der Waals surface area contributed by atoms with Crippen LogP contribution in [-0.4, -0.2) is 35.8 Å². The molecule has 0 unspecified atom stereocenters. The van der Waals surface area contributed by atoms with Crippen molar-refractivity contribution in [2.45, 2.75) is 19.9 Å². The van der Waals surface area contributed by atoms with E-state index in [4.69, 9.17) is 0 Å². The van der Waals surface area contributed by atoms with Crippen molar-refractivity contribution in [2.24, 2.45) is 0 Å². The Morgan fingerprint density at radius 1 is 1.04 bits per heavy atom. The van der Waals surface area contributed by atoms with Gasteiger partial charge in [0.15, 0.2) is 0 Å². The van der Waals surface area contributed by atoms with E-state index >= 15 is 0 Å². The van der Waals surface area contributed by atoms with Crippen LogP contribution in [0.1, 0.15) is 22.8 Å². The SMILES string of the molecule is Cc1ccc(C(=O)N2CCN(c3ccc(Br)cc3)C(=O)[C@@H]2C)cc1. The second-order valence-corrected chi connectivity index (χ2v) is 6.92. The van der Waals surface area contributed by atoms with Gasteiger partial charge < -0.3 is 9.80 Å². The van der Waals surface area contributed by atoms with E-state index in [0.29, 0.717) is 18.7 Å². The van der Waals surface area contributed by atoms with Crippen LogP contribution in [0.15, 0.2) is 53.0 Å². The molecular weight excluding hydrogens is 368 g/mol. The Hall–Kier alpha value is -2.14.